The molecule has 0 radical (unpaired) electrons. The van der Waals surface area contributed by atoms with Crippen LogP contribution >= 0.6 is 11.3 Å². The van der Waals surface area contributed by atoms with Gasteiger partial charge in [-0.15, -0.1) is 10.2 Å². The number of anilines is 1. The standard InChI is InChI=1S/C17H20N6O2S/c1-11-4-3-5-13(10-11)25-9-8-16-22-23-17(26-16)19-15(24)7-6-14-18-12(2)20-21-14/h3-5,10H,6-9H2,1-2H3,(H,18,20,21)(H,19,23,24). The Morgan fingerprint density at radius 2 is 2.15 bits per heavy atom. The summed E-state index contributed by atoms with van der Waals surface area (Å²) >= 11 is 1.35. The highest BCUT2D eigenvalue weighted by molar-refractivity contribution is 7.15. The molecule has 1 amide bonds. The lowest BCUT2D eigenvalue weighted by Crippen LogP contribution is -2.12. The number of amides is 1. The van der Waals surface area contributed by atoms with E-state index in [1.165, 1.54) is 11.3 Å². The van der Waals surface area contributed by atoms with Crippen molar-refractivity contribution in [3.05, 3.63) is 46.5 Å². The summed E-state index contributed by atoms with van der Waals surface area (Å²) in [6.07, 6.45) is 1.41. The number of nitrogens with zero attached hydrogens (tertiary/aromatic N) is 4. The molecule has 1 aromatic carbocycles. The molecule has 26 heavy (non-hydrogen) atoms. The Morgan fingerprint density at radius 3 is 2.92 bits per heavy atom. The first-order chi connectivity index (χ1) is 12.6. The summed E-state index contributed by atoms with van der Waals surface area (Å²) in [6.45, 7) is 4.36. The average Bonchev–Trinajstić information content (AvgIpc) is 3.22. The third-order valence-electron chi connectivity index (χ3n) is 3.51. The van der Waals surface area contributed by atoms with Crippen LogP contribution in [0, 0.1) is 13.8 Å². The monoisotopic (exact) mass is 372 g/mol. The lowest BCUT2D eigenvalue weighted by Gasteiger charge is -2.04. The van der Waals surface area contributed by atoms with E-state index in [4.69, 9.17) is 4.74 Å². The fraction of sp³-hybridized carbons (Fsp3) is 0.353. The largest absolute Gasteiger partial charge is 0.493 e. The van der Waals surface area contributed by atoms with Gasteiger partial charge in [-0.25, -0.2) is 4.98 Å². The van der Waals surface area contributed by atoms with Gasteiger partial charge in [0.15, 0.2) is 5.82 Å². The number of ether oxygens (including phenoxy) is 1. The second-order valence-electron chi connectivity index (χ2n) is 5.80. The van der Waals surface area contributed by atoms with Gasteiger partial charge in [-0.1, -0.05) is 23.5 Å². The second kappa shape index (κ2) is 8.52. The summed E-state index contributed by atoms with van der Waals surface area (Å²) < 4.78 is 5.71. The lowest BCUT2D eigenvalue weighted by molar-refractivity contribution is -0.116. The molecule has 0 spiro atoms. The molecule has 3 aromatic rings. The number of aryl methyl sites for hydroxylation is 3. The zero-order chi connectivity index (χ0) is 18.4. The van der Waals surface area contributed by atoms with Gasteiger partial charge in [0.05, 0.1) is 6.61 Å². The number of aromatic nitrogens is 5. The number of hydrogen-bond acceptors (Lipinski definition) is 7. The molecule has 9 heteroatoms. The summed E-state index contributed by atoms with van der Waals surface area (Å²) in [6, 6.07) is 7.90. The molecule has 2 N–H and O–H groups in total. The number of nitrogens with one attached hydrogen (secondary N) is 2. The molecule has 3 rings (SSSR count). The van der Waals surface area contributed by atoms with Crippen molar-refractivity contribution < 1.29 is 9.53 Å². The SMILES string of the molecule is Cc1cccc(OCCc2nnc(NC(=O)CCc3n[nH]c(C)n3)s2)c1. The van der Waals surface area contributed by atoms with Gasteiger partial charge < -0.3 is 10.1 Å². The normalized spacial score (nSPS) is 10.7. The Bertz CT molecular complexity index is 876. The zero-order valence-electron chi connectivity index (χ0n) is 14.7. The second-order valence-corrected chi connectivity index (χ2v) is 6.86. The van der Waals surface area contributed by atoms with E-state index in [2.05, 4.69) is 30.7 Å². The maximum absolute atomic E-state index is 12.0. The minimum Gasteiger partial charge on any atom is -0.493 e. The van der Waals surface area contributed by atoms with Crippen LogP contribution in [0.5, 0.6) is 5.75 Å². The number of benzene rings is 1. The average molecular weight is 372 g/mol. The van der Waals surface area contributed by atoms with E-state index in [9.17, 15) is 4.79 Å². The maximum Gasteiger partial charge on any atom is 0.226 e. The molecule has 0 fully saturated rings. The summed E-state index contributed by atoms with van der Waals surface area (Å²) in [5.74, 6) is 2.07. The van der Waals surface area contributed by atoms with Crippen LogP contribution in [0.3, 0.4) is 0 Å². The Morgan fingerprint density at radius 1 is 1.27 bits per heavy atom. The van der Waals surface area contributed by atoms with Gasteiger partial charge in [-0.3, -0.25) is 9.89 Å². The number of carbonyl (C=O) groups is 1. The molecule has 0 atom stereocenters. The van der Waals surface area contributed by atoms with Crippen molar-refractivity contribution in [2.45, 2.75) is 33.1 Å². The van der Waals surface area contributed by atoms with Crippen molar-refractivity contribution >= 4 is 22.4 Å². The van der Waals surface area contributed by atoms with E-state index in [0.29, 0.717) is 36.8 Å². The fourth-order valence-corrected chi connectivity index (χ4v) is 3.01. The minimum absolute atomic E-state index is 0.133. The number of aromatic amines is 1. The van der Waals surface area contributed by atoms with E-state index >= 15 is 0 Å². The Labute approximate surface area is 155 Å². The molecule has 0 saturated carbocycles. The van der Waals surface area contributed by atoms with Crippen molar-refractivity contribution in [3.8, 4) is 5.75 Å². The van der Waals surface area contributed by atoms with Crippen molar-refractivity contribution in [2.24, 2.45) is 0 Å². The molecule has 0 bridgehead atoms. The topological polar surface area (TPSA) is 106 Å². The third kappa shape index (κ3) is 5.35. The van der Waals surface area contributed by atoms with E-state index < -0.39 is 0 Å². The molecule has 8 nitrogen and oxygen atoms in total. The van der Waals surface area contributed by atoms with Crippen LogP contribution in [-0.4, -0.2) is 37.9 Å². The van der Waals surface area contributed by atoms with Crippen LogP contribution in [0.4, 0.5) is 5.13 Å². The summed E-state index contributed by atoms with van der Waals surface area (Å²) in [5.41, 5.74) is 1.16. The molecule has 2 heterocycles. The molecule has 2 aromatic heterocycles. The van der Waals surface area contributed by atoms with E-state index in [-0.39, 0.29) is 5.91 Å². The number of hydrogen-bond donors (Lipinski definition) is 2. The van der Waals surface area contributed by atoms with Gasteiger partial charge in [-0.2, -0.15) is 5.10 Å². The third-order valence-corrected chi connectivity index (χ3v) is 4.41. The van der Waals surface area contributed by atoms with E-state index in [1.54, 1.807) is 0 Å². The van der Waals surface area contributed by atoms with Crippen LogP contribution in [0.2, 0.25) is 0 Å². The van der Waals surface area contributed by atoms with Gasteiger partial charge in [0, 0.05) is 19.3 Å². The fourth-order valence-electron chi connectivity index (χ4n) is 2.27. The van der Waals surface area contributed by atoms with Gasteiger partial charge >= 0.3 is 0 Å². The van der Waals surface area contributed by atoms with Crippen molar-refractivity contribution in [1.82, 2.24) is 25.4 Å². The molecular formula is C17H20N6O2S. The molecule has 0 saturated heterocycles. The number of carbonyl (C=O) groups excluding carboxylic acids is 1. The highest BCUT2D eigenvalue weighted by atomic mass is 32.1. The molecular weight excluding hydrogens is 352 g/mol. The van der Waals surface area contributed by atoms with Gasteiger partial charge in [0.25, 0.3) is 0 Å². The van der Waals surface area contributed by atoms with Crippen molar-refractivity contribution in [2.75, 3.05) is 11.9 Å². The zero-order valence-corrected chi connectivity index (χ0v) is 15.5. The van der Waals surface area contributed by atoms with Crippen LogP contribution in [0.1, 0.15) is 28.6 Å². The van der Waals surface area contributed by atoms with Gasteiger partial charge in [-0.05, 0) is 31.5 Å². The smallest absolute Gasteiger partial charge is 0.226 e. The quantitative estimate of drug-likeness (QED) is 0.629. The number of H-pyrrole nitrogens is 1. The first-order valence-electron chi connectivity index (χ1n) is 8.28. The highest BCUT2D eigenvalue weighted by Gasteiger charge is 2.10. The first-order valence-corrected chi connectivity index (χ1v) is 9.10. The summed E-state index contributed by atoms with van der Waals surface area (Å²) in [5, 5.41) is 18.9. The van der Waals surface area contributed by atoms with Crippen LogP contribution in [0.15, 0.2) is 24.3 Å². The van der Waals surface area contributed by atoms with E-state index in [0.717, 1.165) is 22.1 Å². The predicted molar refractivity (Wildman–Crippen MR) is 98.4 cm³/mol. The van der Waals surface area contributed by atoms with Gasteiger partial charge in [0.2, 0.25) is 11.0 Å². The maximum atomic E-state index is 12.0. The Kier molecular flexibility index (Phi) is 5.90. The molecule has 0 aliphatic heterocycles. The number of rotatable bonds is 8. The van der Waals surface area contributed by atoms with Crippen LogP contribution in [-0.2, 0) is 17.6 Å². The van der Waals surface area contributed by atoms with Crippen molar-refractivity contribution in [1.29, 1.82) is 0 Å². The summed E-state index contributed by atoms with van der Waals surface area (Å²) in [4.78, 5) is 16.1. The first kappa shape index (κ1) is 18.0. The van der Waals surface area contributed by atoms with E-state index in [1.807, 2.05) is 38.1 Å². The predicted octanol–water partition coefficient (Wildman–Crippen LogP) is 2.47. The highest BCUT2D eigenvalue weighted by Crippen LogP contribution is 2.17. The molecule has 0 aliphatic carbocycles. The van der Waals surface area contributed by atoms with Gasteiger partial charge in [0.1, 0.15) is 16.6 Å². The van der Waals surface area contributed by atoms with Crippen molar-refractivity contribution in [3.63, 3.8) is 0 Å². The molecule has 136 valence electrons. The lowest BCUT2D eigenvalue weighted by atomic mass is 10.2. The van der Waals surface area contributed by atoms with Crippen LogP contribution in [0.25, 0.3) is 0 Å². The molecule has 0 unspecified atom stereocenters. The Balaban J connectivity index is 1.41. The molecule has 0 aliphatic rings. The Hall–Kier alpha value is -2.81. The summed E-state index contributed by atoms with van der Waals surface area (Å²) in [7, 11) is 0. The van der Waals surface area contributed by atoms with Crippen LogP contribution < -0.4 is 10.1 Å². The minimum atomic E-state index is -0.133.